The lowest BCUT2D eigenvalue weighted by Crippen LogP contribution is -2.34. The van der Waals surface area contributed by atoms with Gasteiger partial charge in [-0.2, -0.15) is 13.2 Å². The minimum absolute atomic E-state index is 0.0423. The molecule has 1 aromatic heterocycles. The third kappa shape index (κ3) is 4.94. The van der Waals surface area contributed by atoms with E-state index in [9.17, 15) is 22.8 Å². The number of pyridine rings is 1. The Hall–Kier alpha value is -2.12. The first-order valence-corrected chi connectivity index (χ1v) is 7.75. The molecule has 0 aromatic carbocycles. The number of carbonyl (C=O) groups excluding carboxylic acids is 2. The maximum absolute atomic E-state index is 12.2. The van der Waals surface area contributed by atoms with Crippen LogP contribution in [0.3, 0.4) is 0 Å². The van der Waals surface area contributed by atoms with Crippen molar-refractivity contribution in [2.24, 2.45) is 5.92 Å². The van der Waals surface area contributed by atoms with Crippen LogP contribution in [0.15, 0.2) is 12.1 Å². The van der Waals surface area contributed by atoms with E-state index >= 15 is 0 Å². The van der Waals surface area contributed by atoms with Crippen molar-refractivity contribution in [3.63, 3.8) is 0 Å². The molecule has 8 heteroatoms. The lowest BCUT2D eigenvalue weighted by atomic mass is 10.1. The molecule has 0 spiro atoms. The molecule has 0 saturated carbocycles. The minimum Gasteiger partial charge on any atom is -0.370 e. The number of hydrogen-bond donors (Lipinski definition) is 1. The van der Waals surface area contributed by atoms with Gasteiger partial charge in [-0.3, -0.25) is 9.59 Å². The lowest BCUT2D eigenvalue weighted by Gasteiger charge is -2.21. The molecule has 24 heavy (non-hydrogen) atoms. The number of aromatic nitrogens is 1. The van der Waals surface area contributed by atoms with E-state index in [1.54, 1.807) is 11.4 Å². The Kier molecular flexibility index (Phi) is 5.46. The number of Topliss-reactive ketones (excluding diaryl/α,β-unsaturated/α-hetero) is 1. The van der Waals surface area contributed by atoms with E-state index in [2.05, 4.69) is 16.8 Å². The molecule has 1 N–H and O–H groups in total. The molecule has 1 aliphatic rings. The molecule has 2 rings (SSSR count). The van der Waals surface area contributed by atoms with E-state index in [4.69, 9.17) is 0 Å². The fraction of sp³-hybridized carbons (Fsp3) is 0.562. The number of nitrogens with zero attached hydrogens (tertiary/aromatic N) is 2. The van der Waals surface area contributed by atoms with Crippen molar-refractivity contribution in [1.82, 2.24) is 10.3 Å². The molecular formula is C16H20F3N3O2. The van der Waals surface area contributed by atoms with Crippen LogP contribution in [0.4, 0.5) is 18.9 Å². The van der Waals surface area contributed by atoms with Gasteiger partial charge in [-0.1, -0.05) is 6.92 Å². The summed E-state index contributed by atoms with van der Waals surface area (Å²) in [5, 5.41) is 1.79. The van der Waals surface area contributed by atoms with Crippen molar-refractivity contribution in [2.45, 2.75) is 32.9 Å². The predicted octanol–water partition coefficient (Wildman–Crippen LogP) is 2.35. The first-order valence-electron chi connectivity index (χ1n) is 7.75. The fourth-order valence-electron chi connectivity index (χ4n) is 2.70. The molecule has 1 aliphatic heterocycles. The van der Waals surface area contributed by atoms with Crippen LogP contribution in [0.2, 0.25) is 0 Å². The molecule has 1 atom stereocenters. The third-order valence-electron chi connectivity index (χ3n) is 3.81. The highest BCUT2D eigenvalue weighted by atomic mass is 19.4. The summed E-state index contributed by atoms with van der Waals surface area (Å²) in [6.45, 7) is 3.77. The summed E-state index contributed by atoms with van der Waals surface area (Å²) in [7, 11) is 0. The highest BCUT2D eigenvalue weighted by Crippen LogP contribution is 2.27. The van der Waals surface area contributed by atoms with Gasteiger partial charge in [0.15, 0.2) is 0 Å². The standard InChI is InChI=1S/C16H20F3N3O2/c1-10-5-6-22(8-10)14-4-3-12(21-13(14)7-11(2)23)15(24)20-9-16(17,18)19/h3-4,10H,5-9H2,1-2H3,(H,20,24). The van der Waals surface area contributed by atoms with Gasteiger partial charge in [-0.15, -0.1) is 0 Å². The number of carbonyl (C=O) groups is 2. The van der Waals surface area contributed by atoms with E-state index in [1.807, 2.05) is 0 Å². The summed E-state index contributed by atoms with van der Waals surface area (Å²) in [5.41, 5.74) is 1.07. The number of alkyl halides is 3. The van der Waals surface area contributed by atoms with Crippen LogP contribution in [0, 0.1) is 5.92 Å². The zero-order chi connectivity index (χ0) is 17.9. The molecule has 5 nitrogen and oxygen atoms in total. The Labute approximate surface area is 138 Å². The molecule has 1 amide bonds. The van der Waals surface area contributed by atoms with Gasteiger partial charge in [0, 0.05) is 13.1 Å². The molecule has 2 heterocycles. The number of anilines is 1. The van der Waals surface area contributed by atoms with Gasteiger partial charge in [-0.05, 0) is 31.4 Å². The molecule has 1 unspecified atom stereocenters. The Morgan fingerprint density at radius 3 is 2.62 bits per heavy atom. The summed E-state index contributed by atoms with van der Waals surface area (Å²) >= 11 is 0. The van der Waals surface area contributed by atoms with Crippen molar-refractivity contribution in [3.05, 3.63) is 23.5 Å². The maximum Gasteiger partial charge on any atom is 0.405 e. The Morgan fingerprint density at radius 1 is 1.38 bits per heavy atom. The fourth-order valence-corrected chi connectivity index (χ4v) is 2.70. The molecule has 0 aliphatic carbocycles. The van der Waals surface area contributed by atoms with Crippen molar-refractivity contribution in [3.8, 4) is 0 Å². The average molecular weight is 343 g/mol. The summed E-state index contributed by atoms with van der Waals surface area (Å²) in [5.74, 6) is -0.507. The summed E-state index contributed by atoms with van der Waals surface area (Å²) in [6.07, 6.45) is -3.42. The summed E-state index contributed by atoms with van der Waals surface area (Å²) < 4.78 is 36.6. The van der Waals surface area contributed by atoms with Crippen LogP contribution < -0.4 is 10.2 Å². The highest BCUT2D eigenvalue weighted by molar-refractivity contribution is 5.93. The number of ketones is 1. The third-order valence-corrected chi connectivity index (χ3v) is 3.81. The average Bonchev–Trinajstić information content (AvgIpc) is 2.89. The van der Waals surface area contributed by atoms with Crippen molar-refractivity contribution < 1.29 is 22.8 Å². The predicted molar refractivity (Wildman–Crippen MR) is 83.0 cm³/mol. The largest absolute Gasteiger partial charge is 0.405 e. The number of nitrogens with one attached hydrogen (secondary N) is 1. The monoisotopic (exact) mass is 343 g/mol. The smallest absolute Gasteiger partial charge is 0.370 e. The lowest BCUT2D eigenvalue weighted by molar-refractivity contribution is -0.123. The highest BCUT2D eigenvalue weighted by Gasteiger charge is 2.28. The molecule has 1 fully saturated rings. The second kappa shape index (κ2) is 7.19. The molecular weight excluding hydrogens is 323 g/mol. The van der Waals surface area contributed by atoms with E-state index in [0.29, 0.717) is 11.6 Å². The van der Waals surface area contributed by atoms with Crippen LogP contribution in [0.25, 0.3) is 0 Å². The second-order valence-corrected chi connectivity index (χ2v) is 6.18. The van der Waals surface area contributed by atoms with Gasteiger partial charge in [0.25, 0.3) is 5.91 Å². The Bertz CT molecular complexity index is 631. The first kappa shape index (κ1) is 18.2. The van der Waals surface area contributed by atoms with Gasteiger partial charge in [-0.25, -0.2) is 4.98 Å². The molecule has 1 aromatic rings. The maximum atomic E-state index is 12.2. The van der Waals surface area contributed by atoms with Gasteiger partial charge < -0.3 is 10.2 Å². The normalized spacial score (nSPS) is 17.9. The van der Waals surface area contributed by atoms with Crippen LogP contribution in [0.5, 0.6) is 0 Å². The van der Waals surface area contributed by atoms with Crippen molar-refractivity contribution in [2.75, 3.05) is 24.5 Å². The van der Waals surface area contributed by atoms with E-state index in [0.717, 1.165) is 25.2 Å². The van der Waals surface area contributed by atoms with Crippen molar-refractivity contribution in [1.29, 1.82) is 0 Å². The molecule has 0 bridgehead atoms. The Morgan fingerprint density at radius 2 is 2.08 bits per heavy atom. The topological polar surface area (TPSA) is 62.3 Å². The van der Waals surface area contributed by atoms with E-state index < -0.39 is 18.6 Å². The molecule has 0 radical (unpaired) electrons. The number of amides is 1. The van der Waals surface area contributed by atoms with Crippen LogP contribution in [0.1, 0.15) is 36.5 Å². The van der Waals surface area contributed by atoms with Gasteiger partial charge in [0.1, 0.15) is 18.0 Å². The summed E-state index contributed by atoms with van der Waals surface area (Å²) in [6, 6.07) is 3.06. The first-order chi connectivity index (χ1) is 11.2. The van der Waals surface area contributed by atoms with Gasteiger partial charge >= 0.3 is 6.18 Å². The zero-order valence-corrected chi connectivity index (χ0v) is 13.6. The number of hydrogen-bond acceptors (Lipinski definition) is 4. The van der Waals surface area contributed by atoms with E-state index in [-0.39, 0.29) is 17.9 Å². The van der Waals surface area contributed by atoms with Crippen LogP contribution >= 0.6 is 0 Å². The Balaban J connectivity index is 2.22. The van der Waals surface area contributed by atoms with E-state index in [1.165, 1.54) is 13.0 Å². The van der Waals surface area contributed by atoms with Gasteiger partial charge in [0.05, 0.1) is 17.8 Å². The van der Waals surface area contributed by atoms with Crippen LogP contribution in [-0.4, -0.2) is 42.5 Å². The number of rotatable bonds is 5. The quantitative estimate of drug-likeness (QED) is 0.891. The minimum atomic E-state index is -4.48. The SMILES string of the molecule is CC(=O)Cc1nc(C(=O)NCC(F)(F)F)ccc1N1CCC(C)C1. The van der Waals surface area contributed by atoms with Gasteiger partial charge in [0.2, 0.25) is 0 Å². The second-order valence-electron chi connectivity index (χ2n) is 6.18. The summed E-state index contributed by atoms with van der Waals surface area (Å²) in [4.78, 5) is 29.5. The molecule has 1 saturated heterocycles. The van der Waals surface area contributed by atoms with Crippen molar-refractivity contribution >= 4 is 17.4 Å². The van der Waals surface area contributed by atoms with Crippen LogP contribution in [-0.2, 0) is 11.2 Å². The molecule has 132 valence electrons. The number of halogens is 3. The zero-order valence-electron chi connectivity index (χ0n) is 13.6.